The molecule has 1 amide bonds. The first-order valence-electron chi connectivity index (χ1n) is 10.4. The number of Topliss-reactive ketones (excluding diaryl/α,β-unsaturated/α-hetero) is 1. The lowest BCUT2D eigenvalue weighted by Gasteiger charge is -2.31. The van der Waals surface area contributed by atoms with Crippen LogP contribution in [-0.2, 0) is 11.2 Å². The van der Waals surface area contributed by atoms with Crippen LogP contribution >= 0.6 is 22.6 Å². The highest BCUT2D eigenvalue weighted by molar-refractivity contribution is 14.1. The first kappa shape index (κ1) is 21.1. The van der Waals surface area contributed by atoms with Gasteiger partial charge in [0.2, 0.25) is 0 Å². The SMILES string of the molecule is O=C(Nc1cccc2c1NCC2)OCCN1CCC(C(=O)c2ccc(I)cc2)CC1. The number of ether oxygens (including phenoxy) is 1. The van der Waals surface area contributed by atoms with Crippen LogP contribution in [0.1, 0.15) is 28.8 Å². The molecule has 7 heteroatoms. The van der Waals surface area contributed by atoms with Crippen molar-refractivity contribution in [3.05, 3.63) is 57.2 Å². The Labute approximate surface area is 190 Å². The van der Waals surface area contributed by atoms with Crippen molar-refractivity contribution >= 4 is 45.8 Å². The number of anilines is 2. The van der Waals surface area contributed by atoms with E-state index in [1.807, 2.05) is 36.4 Å². The fourth-order valence-corrected chi connectivity index (χ4v) is 4.49. The van der Waals surface area contributed by atoms with Crippen LogP contribution in [0.2, 0.25) is 0 Å². The summed E-state index contributed by atoms with van der Waals surface area (Å²) >= 11 is 2.25. The second-order valence-corrected chi connectivity index (χ2v) is 9.01. The summed E-state index contributed by atoms with van der Waals surface area (Å²) in [5.41, 5.74) is 3.78. The number of carbonyl (C=O) groups is 2. The molecule has 0 bridgehead atoms. The average molecular weight is 519 g/mol. The molecule has 2 aromatic rings. The highest BCUT2D eigenvalue weighted by atomic mass is 127. The van der Waals surface area contributed by atoms with Gasteiger partial charge in [-0.05, 0) is 78.7 Å². The molecule has 0 aliphatic carbocycles. The summed E-state index contributed by atoms with van der Waals surface area (Å²) in [5, 5.41) is 6.14. The van der Waals surface area contributed by atoms with E-state index in [1.165, 1.54) is 5.56 Å². The number of carbonyl (C=O) groups excluding carboxylic acids is 2. The van der Waals surface area contributed by atoms with Crippen molar-refractivity contribution in [1.29, 1.82) is 0 Å². The molecule has 4 rings (SSSR count). The van der Waals surface area contributed by atoms with Crippen molar-refractivity contribution in [1.82, 2.24) is 4.90 Å². The quantitative estimate of drug-likeness (QED) is 0.438. The number of nitrogens with one attached hydrogen (secondary N) is 2. The number of halogens is 1. The van der Waals surface area contributed by atoms with Gasteiger partial charge in [-0.1, -0.05) is 24.3 Å². The number of piperidine rings is 1. The van der Waals surface area contributed by atoms with E-state index >= 15 is 0 Å². The van der Waals surface area contributed by atoms with E-state index in [-0.39, 0.29) is 11.7 Å². The molecule has 2 N–H and O–H groups in total. The standard InChI is InChI=1S/C23H26IN3O3/c24-19-6-4-17(5-7-19)22(28)18-9-12-27(13-10-18)14-15-30-23(29)26-20-3-1-2-16-8-11-25-21(16)20/h1-7,18,25H,8-15H2,(H,26,29). The third-order valence-electron chi connectivity index (χ3n) is 5.81. The molecule has 2 aliphatic rings. The van der Waals surface area contributed by atoms with E-state index in [0.29, 0.717) is 13.2 Å². The minimum atomic E-state index is -0.430. The van der Waals surface area contributed by atoms with Crippen molar-refractivity contribution < 1.29 is 14.3 Å². The van der Waals surface area contributed by atoms with Crippen LogP contribution < -0.4 is 10.6 Å². The minimum Gasteiger partial charge on any atom is -0.448 e. The first-order valence-corrected chi connectivity index (χ1v) is 11.5. The number of nitrogens with zero attached hydrogens (tertiary/aromatic N) is 1. The number of amides is 1. The molecule has 2 heterocycles. The molecule has 0 unspecified atom stereocenters. The highest BCUT2D eigenvalue weighted by Gasteiger charge is 2.25. The predicted octanol–water partition coefficient (Wildman–Crippen LogP) is 4.40. The maximum Gasteiger partial charge on any atom is 0.411 e. The number of para-hydroxylation sites is 1. The molecule has 0 saturated carbocycles. The highest BCUT2D eigenvalue weighted by Crippen LogP contribution is 2.30. The fourth-order valence-electron chi connectivity index (χ4n) is 4.13. The van der Waals surface area contributed by atoms with Gasteiger partial charge in [0, 0.05) is 28.1 Å². The summed E-state index contributed by atoms with van der Waals surface area (Å²) < 4.78 is 6.51. The molecule has 0 spiro atoms. The normalized spacial score (nSPS) is 16.6. The summed E-state index contributed by atoms with van der Waals surface area (Å²) in [6.45, 7) is 3.61. The molecule has 0 atom stereocenters. The molecular formula is C23H26IN3O3. The lowest BCUT2D eigenvalue weighted by Crippen LogP contribution is -2.38. The van der Waals surface area contributed by atoms with E-state index in [1.54, 1.807) is 0 Å². The van der Waals surface area contributed by atoms with Crippen molar-refractivity contribution in [2.24, 2.45) is 5.92 Å². The Morgan fingerprint density at radius 1 is 1.13 bits per heavy atom. The maximum absolute atomic E-state index is 12.7. The Balaban J connectivity index is 1.18. The maximum atomic E-state index is 12.7. The molecule has 30 heavy (non-hydrogen) atoms. The van der Waals surface area contributed by atoms with Crippen LogP contribution in [0.4, 0.5) is 16.2 Å². The van der Waals surface area contributed by atoms with Gasteiger partial charge in [-0.2, -0.15) is 0 Å². The summed E-state index contributed by atoms with van der Waals surface area (Å²) in [6.07, 6.45) is 2.24. The van der Waals surface area contributed by atoms with Gasteiger partial charge in [0.15, 0.2) is 5.78 Å². The molecule has 158 valence electrons. The largest absolute Gasteiger partial charge is 0.448 e. The zero-order valence-corrected chi connectivity index (χ0v) is 19.0. The zero-order chi connectivity index (χ0) is 20.9. The van der Waals surface area contributed by atoms with Crippen LogP contribution in [0, 0.1) is 9.49 Å². The van der Waals surface area contributed by atoms with Gasteiger partial charge in [-0.3, -0.25) is 15.0 Å². The Morgan fingerprint density at radius 3 is 2.67 bits per heavy atom. The third-order valence-corrected chi connectivity index (χ3v) is 6.53. The van der Waals surface area contributed by atoms with E-state index in [0.717, 1.165) is 59.4 Å². The third kappa shape index (κ3) is 5.13. The van der Waals surface area contributed by atoms with Gasteiger partial charge in [-0.15, -0.1) is 0 Å². The van der Waals surface area contributed by atoms with E-state index in [4.69, 9.17) is 4.74 Å². The average Bonchev–Trinajstić information content (AvgIpc) is 3.24. The molecule has 2 aliphatic heterocycles. The van der Waals surface area contributed by atoms with Crippen LogP contribution in [0.3, 0.4) is 0 Å². The second-order valence-electron chi connectivity index (χ2n) is 7.76. The van der Waals surface area contributed by atoms with E-state index < -0.39 is 6.09 Å². The van der Waals surface area contributed by atoms with Gasteiger partial charge in [-0.25, -0.2) is 4.79 Å². The summed E-state index contributed by atoms with van der Waals surface area (Å²) in [7, 11) is 0. The smallest absolute Gasteiger partial charge is 0.411 e. The van der Waals surface area contributed by atoms with Gasteiger partial charge < -0.3 is 10.1 Å². The molecular weight excluding hydrogens is 493 g/mol. The summed E-state index contributed by atoms with van der Waals surface area (Å²) in [6, 6.07) is 13.7. The fraction of sp³-hybridized carbons (Fsp3) is 0.391. The zero-order valence-electron chi connectivity index (χ0n) is 16.8. The van der Waals surface area contributed by atoms with Crippen molar-refractivity contribution in [3.63, 3.8) is 0 Å². The molecule has 0 aromatic heterocycles. The van der Waals surface area contributed by atoms with Crippen LogP contribution in [-0.4, -0.2) is 49.6 Å². The number of rotatable bonds is 6. The van der Waals surface area contributed by atoms with Gasteiger partial charge in [0.1, 0.15) is 6.61 Å². The molecule has 1 saturated heterocycles. The number of hydrogen-bond donors (Lipinski definition) is 2. The summed E-state index contributed by atoms with van der Waals surface area (Å²) in [4.78, 5) is 27.1. The lowest BCUT2D eigenvalue weighted by molar-refractivity contribution is 0.0813. The monoisotopic (exact) mass is 519 g/mol. The molecule has 2 aromatic carbocycles. The second kappa shape index (κ2) is 9.78. The number of likely N-dealkylation sites (tertiary alicyclic amines) is 1. The van der Waals surface area contributed by atoms with E-state index in [9.17, 15) is 9.59 Å². The Morgan fingerprint density at radius 2 is 1.90 bits per heavy atom. The first-order chi connectivity index (χ1) is 14.6. The number of ketones is 1. The number of benzene rings is 2. The van der Waals surface area contributed by atoms with Gasteiger partial charge in [0.05, 0.1) is 11.4 Å². The molecule has 6 nitrogen and oxygen atoms in total. The van der Waals surface area contributed by atoms with Gasteiger partial charge >= 0.3 is 6.09 Å². The topological polar surface area (TPSA) is 70.7 Å². The Hall–Kier alpha value is -2.13. The number of fused-ring (bicyclic) bond motifs is 1. The van der Waals surface area contributed by atoms with Crippen molar-refractivity contribution in [3.8, 4) is 0 Å². The molecule has 1 fully saturated rings. The summed E-state index contributed by atoms with van der Waals surface area (Å²) in [5.74, 6) is 0.323. The van der Waals surface area contributed by atoms with Crippen molar-refractivity contribution in [2.45, 2.75) is 19.3 Å². The lowest BCUT2D eigenvalue weighted by atomic mass is 9.89. The Bertz CT molecular complexity index is 908. The van der Waals surface area contributed by atoms with Crippen LogP contribution in [0.25, 0.3) is 0 Å². The van der Waals surface area contributed by atoms with Gasteiger partial charge in [0.25, 0.3) is 0 Å². The Kier molecular flexibility index (Phi) is 6.89. The van der Waals surface area contributed by atoms with Crippen LogP contribution in [0.15, 0.2) is 42.5 Å². The van der Waals surface area contributed by atoms with Crippen LogP contribution in [0.5, 0.6) is 0 Å². The van der Waals surface area contributed by atoms with Crippen molar-refractivity contribution in [2.75, 3.05) is 43.4 Å². The predicted molar refractivity (Wildman–Crippen MR) is 126 cm³/mol. The van der Waals surface area contributed by atoms with E-state index in [2.05, 4.69) is 44.2 Å². The minimum absolute atomic E-state index is 0.0817. The molecule has 0 radical (unpaired) electrons. The number of hydrogen-bond acceptors (Lipinski definition) is 5.